The highest BCUT2D eigenvalue weighted by Crippen LogP contribution is 2.22. The van der Waals surface area contributed by atoms with Gasteiger partial charge in [0.25, 0.3) is 5.56 Å². The summed E-state index contributed by atoms with van der Waals surface area (Å²) in [6.45, 7) is 7.89. The molecule has 1 saturated heterocycles. The molecule has 3 aromatic rings. The second-order valence-electron chi connectivity index (χ2n) is 8.37. The van der Waals surface area contributed by atoms with Crippen LogP contribution in [0.5, 0.6) is 0 Å². The van der Waals surface area contributed by atoms with Gasteiger partial charge in [-0.2, -0.15) is 4.31 Å². The molecule has 1 aliphatic rings. The zero-order valence-corrected chi connectivity index (χ0v) is 19.7. The molecule has 0 radical (unpaired) electrons. The molecule has 4 rings (SSSR count). The summed E-state index contributed by atoms with van der Waals surface area (Å²) in [5.74, 6) is 0.970. The molecular formula is C23H29N5O3S. The molecule has 32 heavy (non-hydrogen) atoms. The Bertz CT molecular complexity index is 1250. The molecule has 0 saturated carbocycles. The van der Waals surface area contributed by atoms with Crippen molar-refractivity contribution < 1.29 is 8.42 Å². The monoisotopic (exact) mass is 455 g/mol. The van der Waals surface area contributed by atoms with Gasteiger partial charge < -0.3 is 4.90 Å². The molecule has 1 fully saturated rings. The van der Waals surface area contributed by atoms with Crippen LogP contribution in [0.3, 0.4) is 0 Å². The summed E-state index contributed by atoms with van der Waals surface area (Å²) in [7, 11) is -1.77. The number of sulfonamides is 1. The predicted octanol–water partition coefficient (Wildman–Crippen LogP) is 2.51. The zero-order chi connectivity index (χ0) is 23.0. The second kappa shape index (κ2) is 8.55. The Hall–Kier alpha value is -2.91. The number of anilines is 1. The standard InChI is InChI=1S/C23H29N5O3S/c1-17(2)22-18(3)25(4)28(23(22)29)19-8-10-20(11-9-19)32(30,31)27-15-13-26(14-16-27)21-7-5-6-12-24-21/h5-12,17H,13-16H2,1-4H3. The van der Waals surface area contributed by atoms with Crippen LogP contribution in [-0.4, -0.2) is 53.2 Å². The van der Waals surface area contributed by atoms with Crippen LogP contribution < -0.4 is 10.5 Å². The molecule has 8 nitrogen and oxygen atoms in total. The maximum Gasteiger partial charge on any atom is 0.275 e. The summed E-state index contributed by atoms with van der Waals surface area (Å²) in [5.41, 5.74) is 2.26. The van der Waals surface area contributed by atoms with E-state index < -0.39 is 10.0 Å². The van der Waals surface area contributed by atoms with Gasteiger partial charge in [-0.05, 0) is 49.2 Å². The Balaban J connectivity index is 1.55. The van der Waals surface area contributed by atoms with Crippen LogP contribution in [-0.2, 0) is 17.1 Å². The summed E-state index contributed by atoms with van der Waals surface area (Å²) in [6.07, 6.45) is 1.74. The predicted molar refractivity (Wildman–Crippen MR) is 125 cm³/mol. The lowest BCUT2D eigenvalue weighted by Gasteiger charge is -2.34. The van der Waals surface area contributed by atoms with Crippen LogP contribution in [0, 0.1) is 6.92 Å². The fourth-order valence-electron chi connectivity index (χ4n) is 4.29. The number of hydrogen-bond acceptors (Lipinski definition) is 5. The first-order chi connectivity index (χ1) is 15.2. The molecule has 0 bridgehead atoms. The number of hydrogen-bond donors (Lipinski definition) is 0. The summed E-state index contributed by atoms with van der Waals surface area (Å²) in [6, 6.07) is 12.3. The van der Waals surface area contributed by atoms with Gasteiger partial charge in [0, 0.05) is 50.7 Å². The SMILES string of the molecule is Cc1c(C(C)C)c(=O)n(-c2ccc(S(=O)(=O)N3CCN(c4ccccn4)CC3)cc2)n1C. The molecule has 2 aromatic heterocycles. The van der Waals surface area contributed by atoms with Crippen molar-refractivity contribution in [3.8, 4) is 5.69 Å². The van der Waals surface area contributed by atoms with Gasteiger partial charge in [0.1, 0.15) is 5.82 Å². The van der Waals surface area contributed by atoms with Gasteiger partial charge in [0.15, 0.2) is 0 Å². The van der Waals surface area contributed by atoms with Gasteiger partial charge in [-0.3, -0.25) is 9.48 Å². The molecule has 1 aliphatic heterocycles. The molecule has 0 spiro atoms. The van der Waals surface area contributed by atoms with Gasteiger partial charge in [-0.1, -0.05) is 19.9 Å². The Labute approximate surface area is 188 Å². The summed E-state index contributed by atoms with van der Waals surface area (Å²) in [4.78, 5) is 19.6. The van der Waals surface area contributed by atoms with Crippen molar-refractivity contribution in [2.24, 2.45) is 7.05 Å². The number of piperazine rings is 1. The molecule has 0 N–H and O–H groups in total. The molecular weight excluding hydrogens is 426 g/mol. The lowest BCUT2D eigenvalue weighted by Crippen LogP contribution is -2.48. The van der Waals surface area contributed by atoms with Crippen LogP contribution in [0.4, 0.5) is 5.82 Å². The topological polar surface area (TPSA) is 80.4 Å². The van der Waals surface area contributed by atoms with Gasteiger partial charge >= 0.3 is 0 Å². The smallest absolute Gasteiger partial charge is 0.275 e. The fourth-order valence-corrected chi connectivity index (χ4v) is 5.71. The minimum absolute atomic E-state index is 0.0683. The van der Waals surface area contributed by atoms with E-state index in [0.717, 1.165) is 17.1 Å². The van der Waals surface area contributed by atoms with E-state index in [-0.39, 0.29) is 16.4 Å². The molecule has 170 valence electrons. The molecule has 0 atom stereocenters. The quantitative estimate of drug-likeness (QED) is 0.591. The van der Waals surface area contributed by atoms with Gasteiger partial charge in [-0.25, -0.2) is 18.1 Å². The van der Waals surface area contributed by atoms with E-state index in [0.29, 0.717) is 31.9 Å². The van der Waals surface area contributed by atoms with Crippen molar-refractivity contribution in [1.29, 1.82) is 0 Å². The average molecular weight is 456 g/mol. The largest absolute Gasteiger partial charge is 0.354 e. The average Bonchev–Trinajstić information content (AvgIpc) is 3.02. The first-order valence-electron chi connectivity index (χ1n) is 10.8. The Kier molecular flexibility index (Phi) is 5.96. The number of benzene rings is 1. The normalized spacial score (nSPS) is 15.5. The van der Waals surface area contributed by atoms with Crippen molar-refractivity contribution in [3.63, 3.8) is 0 Å². The third-order valence-electron chi connectivity index (χ3n) is 6.11. The summed E-state index contributed by atoms with van der Waals surface area (Å²) >= 11 is 0. The Morgan fingerprint density at radius 2 is 1.62 bits per heavy atom. The van der Waals surface area contributed by atoms with Gasteiger partial charge in [0.05, 0.1) is 10.6 Å². The third-order valence-corrected chi connectivity index (χ3v) is 8.02. The summed E-state index contributed by atoms with van der Waals surface area (Å²) < 4.78 is 31.3. The van der Waals surface area contributed by atoms with E-state index in [2.05, 4.69) is 9.88 Å². The number of pyridine rings is 1. The number of aromatic nitrogens is 3. The van der Waals surface area contributed by atoms with Crippen molar-refractivity contribution in [2.45, 2.75) is 31.6 Å². The first-order valence-corrected chi connectivity index (χ1v) is 12.2. The molecule has 0 amide bonds. The zero-order valence-electron chi connectivity index (χ0n) is 18.9. The first kappa shape index (κ1) is 22.3. The van der Waals surface area contributed by atoms with Crippen molar-refractivity contribution in [1.82, 2.24) is 18.7 Å². The number of rotatable bonds is 5. The number of nitrogens with zero attached hydrogens (tertiary/aromatic N) is 5. The fraction of sp³-hybridized carbons (Fsp3) is 0.391. The van der Waals surface area contributed by atoms with Crippen LogP contribution in [0.2, 0.25) is 0 Å². The van der Waals surface area contributed by atoms with Crippen molar-refractivity contribution >= 4 is 15.8 Å². The Morgan fingerprint density at radius 3 is 2.16 bits per heavy atom. The third kappa shape index (κ3) is 3.86. The lowest BCUT2D eigenvalue weighted by atomic mass is 10.0. The van der Waals surface area contributed by atoms with Crippen molar-refractivity contribution in [2.75, 3.05) is 31.1 Å². The highest BCUT2D eigenvalue weighted by molar-refractivity contribution is 7.89. The van der Waals surface area contributed by atoms with E-state index in [1.807, 2.05) is 50.7 Å². The van der Waals surface area contributed by atoms with Crippen LogP contribution in [0.25, 0.3) is 5.69 Å². The summed E-state index contributed by atoms with van der Waals surface area (Å²) in [5, 5.41) is 0. The lowest BCUT2D eigenvalue weighted by molar-refractivity contribution is 0.384. The Morgan fingerprint density at radius 1 is 0.969 bits per heavy atom. The van der Waals surface area contributed by atoms with Gasteiger partial charge in [0.2, 0.25) is 10.0 Å². The van der Waals surface area contributed by atoms with Crippen molar-refractivity contribution in [3.05, 3.63) is 70.3 Å². The van der Waals surface area contributed by atoms with Crippen LogP contribution in [0.15, 0.2) is 58.4 Å². The maximum absolute atomic E-state index is 13.2. The molecule has 1 aromatic carbocycles. The second-order valence-corrected chi connectivity index (χ2v) is 10.3. The van der Waals surface area contributed by atoms with E-state index in [1.165, 1.54) is 4.31 Å². The van der Waals surface area contributed by atoms with Crippen LogP contribution >= 0.6 is 0 Å². The highest BCUT2D eigenvalue weighted by Gasteiger charge is 2.29. The minimum atomic E-state index is -3.61. The van der Waals surface area contributed by atoms with Gasteiger partial charge in [-0.15, -0.1) is 0 Å². The van der Waals surface area contributed by atoms with E-state index in [1.54, 1.807) is 35.1 Å². The maximum atomic E-state index is 13.2. The minimum Gasteiger partial charge on any atom is -0.354 e. The molecule has 0 unspecified atom stereocenters. The van der Waals surface area contributed by atoms with Crippen LogP contribution in [0.1, 0.15) is 31.0 Å². The van der Waals surface area contributed by atoms with E-state index in [4.69, 9.17) is 0 Å². The molecule has 9 heteroatoms. The van der Waals surface area contributed by atoms with E-state index in [9.17, 15) is 13.2 Å². The molecule has 3 heterocycles. The van der Waals surface area contributed by atoms with E-state index >= 15 is 0 Å². The molecule has 0 aliphatic carbocycles. The highest BCUT2D eigenvalue weighted by atomic mass is 32.2.